The van der Waals surface area contributed by atoms with Crippen molar-refractivity contribution in [3.63, 3.8) is 0 Å². The molecule has 190 valence electrons. The third-order valence-corrected chi connectivity index (χ3v) is 8.41. The van der Waals surface area contributed by atoms with Gasteiger partial charge in [-0.1, -0.05) is 62.6 Å². The van der Waals surface area contributed by atoms with E-state index in [1.807, 2.05) is 30.3 Å². The summed E-state index contributed by atoms with van der Waals surface area (Å²) in [5.41, 5.74) is 7.69. The lowest BCUT2D eigenvalue weighted by molar-refractivity contribution is 0.569. The van der Waals surface area contributed by atoms with E-state index < -0.39 is 0 Å². The molecule has 37 heavy (non-hydrogen) atoms. The average molecular weight is 514 g/mol. The minimum absolute atomic E-state index is 0.0475. The zero-order chi connectivity index (χ0) is 25.7. The molecule has 0 saturated carbocycles. The number of hydrogen-bond acceptors (Lipinski definition) is 3. The number of nitrogens with zero attached hydrogens (tertiary/aromatic N) is 3. The summed E-state index contributed by atoms with van der Waals surface area (Å²) >= 11 is 6.86. The van der Waals surface area contributed by atoms with E-state index in [9.17, 15) is 0 Å². The van der Waals surface area contributed by atoms with Crippen LogP contribution in [0.25, 0.3) is 22.2 Å². The average Bonchev–Trinajstić information content (AvgIpc) is 3.04. The molecule has 3 heterocycles. The topological polar surface area (TPSA) is 19.4 Å². The Kier molecular flexibility index (Phi) is 6.11. The highest BCUT2D eigenvalue weighted by Crippen LogP contribution is 2.50. The second-order valence-electron chi connectivity index (χ2n) is 11.1. The van der Waals surface area contributed by atoms with Crippen LogP contribution in [0.2, 0.25) is 5.02 Å². The standard InChI is InChI=1S/C32H33ClFN3/c1-21-30(23-11-6-7-13-26(23)34)35-27-14-10-12-25(33)29(27)31(21)37-20-32(2,3)24-16-15-22(19-28(24)37)36-17-8-4-5-9-18-36/h6-7,10-16,19H,4-5,8-9,17-18,20H2,1-3H3. The van der Waals surface area contributed by atoms with E-state index in [1.165, 1.54) is 48.7 Å². The van der Waals surface area contributed by atoms with Crippen LogP contribution in [0.1, 0.15) is 50.7 Å². The second-order valence-corrected chi connectivity index (χ2v) is 11.5. The largest absolute Gasteiger partial charge is 0.371 e. The lowest BCUT2D eigenvalue weighted by Gasteiger charge is -2.28. The van der Waals surface area contributed by atoms with Crippen molar-refractivity contribution in [1.82, 2.24) is 4.98 Å². The second kappa shape index (κ2) is 9.33. The van der Waals surface area contributed by atoms with Crippen molar-refractivity contribution in [3.05, 3.63) is 82.6 Å². The quantitative estimate of drug-likeness (QED) is 0.273. The summed E-state index contributed by atoms with van der Waals surface area (Å²) in [5, 5.41) is 1.59. The van der Waals surface area contributed by atoms with Crippen LogP contribution in [0.4, 0.5) is 21.5 Å². The first-order chi connectivity index (χ1) is 17.8. The lowest BCUT2D eigenvalue weighted by Crippen LogP contribution is -2.26. The van der Waals surface area contributed by atoms with Crippen LogP contribution >= 0.6 is 11.6 Å². The highest BCUT2D eigenvalue weighted by molar-refractivity contribution is 6.36. The number of pyridine rings is 1. The molecule has 6 rings (SSSR count). The van der Waals surface area contributed by atoms with Crippen LogP contribution in [0.15, 0.2) is 60.7 Å². The smallest absolute Gasteiger partial charge is 0.132 e. The number of aromatic nitrogens is 1. The zero-order valence-electron chi connectivity index (χ0n) is 21.8. The van der Waals surface area contributed by atoms with Crippen LogP contribution in [-0.4, -0.2) is 24.6 Å². The van der Waals surface area contributed by atoms with Crippen molar-refractivity contribution >= 4 is 39.6 Å². The number of rotatable bonds is 3. The highest BCUT2D eigenvalue weighted by Gasteiger charge is 2.38. The van der Waals surface area contributed by atoms with Crippen LogP contribution < -0.4 is 9.80 Å². The fourth-order valence-electron chi connectivity index (χ4n) is 6.20. The molecule has 0 N–H and O–H groups in total. The van der Waals surface area contributed by atoms with Crippen LogP contribution in [0.5, 0.6) is 0 Å². The maximum absolute atomic E-state index is 15.0. The molecule has 2 aliphatic heterocycles. The molecule has 0 atom stereocenters. The molecule has 5 heteroatoms. The predicted octanol–water partition coefficient (Wildman–Crippen LogP) is 8.81. The minimum Gasteiger partial charge on any atom is -0.371 e. The van der Waals surface area contributed by atoms with E-state index in [0.29, 0.717) is 16.3 Å². The number of benzene rings is 3. The van der Waals surface area contributed by atoms with Gasteiger partial charge in [-0.05, 0) is 67.3 Å². The summed E-state index contributed by atoms with van der Waals surface area (Å²) in [6.07, 6.45) is 5.09. The van der Waals surface area contributed by atoms with Crippen molar-refractivity contribution in [2.75, 3.05) is 29.4 Å². The van der Waals surface area contributed by atoms with Crippen molar-refractivity contribution in [2.45, 2.75) is 51.9 Å². The molecule has 0 aliphatic carbocycles. The minimum atomic E-state index is -0.268. The Bertz CT molecular complexity index is 1490. The van der Waals surface area contributed by atoms with Gasteiger partial charge in [0.05, 0.1) is 21.9 Å². The van der Waals surface area contributed by atoms with Crippen LogP contribution in [-0.2, 0) is 5.41 Å². The Labute approximate surface area is 223 Å². The molecule has 0 amide bonds. The van der Waals surface area contributed by atoms with Gasteiger partial charge in [0.2, 0.25) is 0 Å². The van der Waals surface area contributed by atoms with Gasteiger partial charge in [0.25, 0.3) is 0 Å². The number of fused-ring (bicyclic) bond motifs is 2. The highest BCUT2D eigenvalue weighted by atomic mass is 35.5. The van der Waals surface area contributed by atoms with Gasteiger partial charge in [-0.15, -0.1) is 0 Å². The van der Waals surface area contributed by atoms with E-state index >= 15 is 4.39 Å². The summed E-state index contributed by atoms with van der Waals surface area (Å²) < 4.78 is 15.0. The third-order valence-electron chi connectivity index (χ3n) is 8.10. The van der Waals surface area contributed by atoms with Gasteiger partial charge >= 0.3 is 0 Å². The zero-order valence-corrected chi connectivity index (χ0v) is 22.6. The van der Waals surface area contributed by atoms with Gasteiger partial charge in [-0.2, -0.15) is 0 Å². The normalized spacial score (nSPS) is 17.2. The monoisotopic (exact) mass is 513 g/mol. The van der Waals surface area contributed by atoms with E-state index in [-0.39, 0.29) is 11.2 Å². The predicted molar refractivity (Wildman–Crippen MR) is 154 cm³/mol. The fourth-order valence-corrected chi connectivity index (χ4v) is 6.46. The molecule has 1 saturated heterocycles. The summed E-state index contributed by atoms with van der Waals surface area (Å²) in [6, 6.07) is 19.7. The van der Waals surface area contributed by atoms with E-state index in [2.05, 4.69) is 48.8 Å². The molecule has 0 radical (unpaired) electrons. The summed E-state index contributed by atoms with van der Waals surface area (Å²) in [4.78, 5) is 9.88. The fraction of sp³-hybridized carbons (Fsp3) is 0.344. The number of anilines is 3. The lowest BCUT2D eigenvalue weighted by atomic mass is 9.87. The van der Waals surface area contributed by atoms with Gasteiger partial charge in [-0.25, -0.2) is 9.37 Å². The molecule has 4 aromatic rings. The van der Waals surface area contributed by atoms with Gasteiger partial charge in [0.1, 0.15) is 5.82 Å². The Morgan fingerprint density at radius 3 is 2.43 bits per heavy atom. The van der Waals surface area contributed by atoms with Crippen molar-refractivity contribution in [1.29, 1.82) is 0 Å². The van der Waals surface area contributed by atoms with Gasteiger partial charge in [-0.3, -0.25) is 0 Å². The number of halogens is 2. The van der Waals surface area contributed by atoms with Gasteiger partial charge in [0.15, 0.2) is 0 Å². The first-order valence-corrected chi connectivity index (χ1v) is 13.7. The molecular weight excluding hydrogens is 481 g/mol. The summed E-state index contributed by atoms with van der Waals surface area (Å²) in [5.74, 6) is -0.268. The van der Waals surface area contributed by atoms with E-state index in [4.69, 9.17) is 16.6 Å². The first kappa shape index (κ1) is 24.2. The molecule has 1 fully saturated rings. The molecular formula is C32H33ClFN3. The molecule has 2 aliphatic rings. The Hall–Kier alpha value is -3.11. The van der Waals surface area contributed by atoms with Gasteiger partial charge in [0, 0.05) is 47.4 Å². The Balaban J connectivity index is 1.59. The summed E-state index contributed by atoms with van der Waals surface area (Å²) in [6.45, 7) is 9.67. The molecule has 0 unspecified atom stereocenters. The SMILES string of the molecule is Cc1c(-c2ccccc2F)nc2cccc(Cl)c2c1N1CC(C)(C)c2ccc(N3CCCCCC3)cc21. The summed E-state index contributed by atoms with van der Waals surface area (Å²) in [7, 11) is 0. The molecule has 0 bridgehead atoms. The maximum Gasteiger partial charge on any atom is 0.132 e. The van der Waals surface area contributed by atoms with E-state index in [0.717, 1.165) is 41.8 Å². The van der Waals surface area contributed by atoms with Crippen LogP contribution in [0, 0.1) is 12.7 Å². The van der Waals surface area contributed by atoms with Crippen molar-refractivity contribution < 1.29 is 4.39 Å². The Morgan fingerprint density at radius 1 is 0.919 bits per heavy atom. The van der Waals surface area contributed by atoms with Crippen molar-refractivity contribution in [3.8, 4) is 11.3 Å². The molecule has 1 aromatic heterocycles. The van der Waals surface area contributed by atoms with Crippen LogP contribution in [0.3, 0.4) is 0 Å². The Morgan fingerprint density at radius 2 is 1.68 bits per heavy atom. The molecule has 0 spiro atoms. The third kappa shape index (κ3) is 4.16. The van der Waals surface area contributed by atoms with Crippen molar-refractivity contribution in [2.24, 2.45) is 0 Å². The number of hydrogen-bond donors (Lipinski definition) is 0. The maximum atomic E-state index is 15.0. The van der Waals surface area contributed by atoms with Gasteiger partial charge < -0.3 is 9.80 Å². The van der Waals surface area contributed by atoms with E-state index in [1.54, 1.807) is 6.07 Å². The molecule has 3 aromatic carbocycles. The first-order valence-electron chi connectivity index (χ1n) is 13.4. The molecule has 3 nitrogen and oxygen atoms in total.